The number of Topliss-reactive ketones (excluding diaryl/α,β-unsaturated/α-hetero) is 2. The van der Waals surface area contributed by atoms with Crippen molar-refractivity contribution in [1.29, 1.82) is 0 Å². The number of rotatable bonds is 4. The number of methoxy groups -OCH3 is 1. The number of benzene rings is 3. The predicted molar refractivity (Wildman–Crippen MR) is 140 cm³/mol. The van der Waals surface area contributed by atoms with Crippen molar-refractivity contribution in [3.05, 3.63) is 124 Å². The lowest BCUT2D eigenvalue weighted by Gasteiger charge is -2.40. The van der Waals surface area contributed by atoms with Crippen molar-refractivity contribution in [3.63, 3.8) is 0 Å². The Bertz CT molecular complexity index is 1290. The number of hydrogen-bond donors (Lipinski definition) is 1. The van der Waals surface area contributed by atoms with E-state index in [1.807, 2.05) is 60.7 Å². The molecule has 0 amide bonds. The second-order valence-corrected chi connectivity index (χ2v) is 9.99. The number of carbonyl (C=O) groups is 2. The first kappa shape index (κ1) is 22.5. The van der Waals surface area contributed by atoms with Crippen LogP contribution in [0.25, 0.3) is 0 Å². The Labute approximate surface area is 211 Å². The minimum atomic E-state index is -0.337. The largest absolute Gasteiger partial charge is 0.497 e. The minimum absolute atomic E-state index is 0.128. The summed E-state index contributed by atoms with van der Waals surface area (Å²) >= 11 is 0. The standard InChI is InChI=1S/C32H29NO3/c1-36-25-14-12-22(13-15-25)30-31-26(16-23(18-28(31)34)20-8-4-2-5-9-20)33-27-17-24(19-29(35)32(27)30)21-10-6-3-7-11-21/h2-15,23-24,30,33H,16-19H2,1H3/t23-,24+,30?. The third-order valence-corrected chi connectivity index (χ3v) is 7.89. The van der Waals surface area contributed by atoms with Gasteiger partial charge >= 0.3 is 0 Å². The maximum absolute atomic E-state index is 13.7. The van der Waals surface area contributed by atoms with E-state index in [0.29, 0.717) is 12.8 Å². The predicted octanol–water partition coefficient (Wildman–Crippen LogP) is 6.18. The van der Waals surface area contributed by atoms with E-state index in [4.69, 9.17) is 4.74 Å². The van der Waals surface area contributed by atoms with Crippen LogP contribution in [-0.2, 0) is 9.59 Å². The van der Waals surface area contributed by atoms with E-state index in [0.717, 1.165) is 46.7 Å². The molecule has 4 nitrogen and oxygen atoms in total. The molecule has 1 aliphatic heterocycles. The Balaban J connectivity index is 1.44. The van der Waals surface area contributed by atoms with Gasteiger partial charge in [-0.3, -0.25) is 9.59 Å². The fraction of sp³-hybridized carbons (Fsp3) is 0.250. The maximum atomic E-state index is 13.7. The van der Waals surface area contributed by atoms with Crippen LogP contribution in [0.15, 0.2) is 107 Å². The highest BCUT2D eigenvalue weighted by Gasteiger charge is 2.43. The zero-order chi connectivity index (χ0) is 24.6. The van der Waals surface area contributed by atoms with Crippen LogP contribution < -0.4 is 10.1 Å². The van der Waals surface area contributed by atoms with Crippen LogP contribution in [0.5, 0.6) is 5.75 Å². The highest BCUT2D eigenvalue weighted by molar-refractivity contribution is 6.07. The minimum Gasteiger partial charge on any atom is -0.497 e. The molecular weight excluding hydrogens is 446 g/mol. The highest BCUT2D eigenvalue weighted by Crippen LogP contribution is 2.49. The molecule has 180 valence electrons. The summed E-state index contributed by atoms with van der Waals surface area (Å²) in [4.78, 5) is 27.5. The first-order valence-electron chi connectivity index (χ1n) is 12.7. The molecule has 3 aliphatic rings. The first-order chi connectivity index (χ1) is 17.6. The van der Waals surface area contributed by atoms with Crippen molar-refractivity contribution in [1.82, 2.24) is 5.32 Å². The summed E-state index contributed by atoms with van der Waals surface area (Å²) in [6.45, 7) is 0. The Morgan fingerprint density at radius 1 is 0.611 bits per heavy atom. The number of allylic oxidation sites excluding steroid dienone is 4. The topological polar surface area (TPSA) is 55.4 Å². The van der Waals surface area contributed by atoms with Gasteiger partial charge in [0.1, 0.15) is 5.75 Å². The Kier molecular flexibility index (Phi) is 5.80. The normalized spacial score (nSPS) is 23.6. The summed E-state index contributed by atoms with van der Waals surface area (Å²) in [5, 5.41) is 3.63. The molecule has 3 aromatic carbocycles. The van der Waals surface area contributed by atoms with Crippen LogP contribution in [0.3, 0.4) is 0 Å². The molecule has 3 atom stereocenters. The number of ketones is 2. The lowest BCUT2D eigenvalue weighted by atomic mass is 9.67. The van der Waals surface area contributed by atoms with E-state index < -0.39 is 0 Å². The van der Waals surface area contributed by atoms with Gasteiger partial charge < -0.3 is 10.1 Å². The first-order valence-corrected chi connectivity index (χ1v) is 12.7. The van der Waals surface area contributed by atoms with E-state index in [1.54, 1.807) is 7.11 Å². The van der Waals surface area contributed by atoms with Crippen LogP contribution in [0.4, 0.5) is 0 Å². The molecule has 36 heavy (non-hydrogen) atoms. The molecule has 0 fully saturated rings. The molecule has 0 bridgehead atoms. The number of ether oxygens (including phenoxy) is 1. The average molecular weight is 476 g/mol. The molecule has 3 aromatic rings. The lowest BCUT2D eigenvalue weighted by molar-refractivity contribution is -0.117. The molecule has 1 N–H and O–H groups in total. The average Bonchev–Trinajstić information content (AvgIpc) is 2.93. The summed E-state index contributed by atoms with van der Waals surface area (Å²) in [6, 6.07) is 28.4. The van der Waals surface area contributed by atoms with Crippen molar-refractivity contribution < 1.29 is 14.3 Å². The van der Waals surface area contributed by atoms with Gasteiger partial charge in [-0.05, 0) is 53.5 Å². The molecule has 0 saturated heterocycles. The molecule has 6 rings (SSSR count). The zero-order valence-corrected chi connectivity index (χ0v) is 20.4. The summed E-state index contributed by atoms with van der Waals surface area (Å²) in [5.74, 6) is 0.941. The van der Waals surface area contributed by atoms with Gasteiger partial charge in [-0.15, -0.1) is 0 Å². The van der Waals surface area contributed by atoms with Crippen LogP contribution in [0.2, 0.25) is 0 Å². The van der Waals surface area contributed by atoms with Gasteiger partial charge in [0, 0.05) is 41.3 Å². The van der Waals surface area contributed by atoms with Crippen molar-refractivity contribution in [2.24, 2.45) is 0 Å². The highest BCUT2D eigenvalue weighted by atomic mass is 16.5. The quantitative estimate of drug-likeness (QED) is 0.489. The fourth-order valence-corrected chi connectivity index (χ4v) is 6.15. The van der Waals surface area contributed by atoms with E-state index in [1.165, 1.54) is 11.1 Å². The molecule has 0 aromatic heterocycles. The molecule has 0 radical (unpaired) electrons. The van der Waals surface area contributed by atoms with E-state index in [2.05, 4.69) is 29.6 Å². The Hall–Kier alpha value is -3.92. The maximum Gasteiger partial charge on any atom is 0.162 e. The monoisotopic (exact) mass is 475 g/mol. The van der Waals surface area contributed by atoms with Crippen LogP contribution >= 0.6 is 0 Å². The number of nitrogens with one attached hydrogen (secondary N) is 1. The smallest absolute Gasteiger partial charge is 0.162 e. The molecule has 1 heterocycles. The van der Waals surface area contributed by atoms with E-state index >= 15 is 0 Å². The number of carbonyl (C=O) groups excluding carboxylic acids is 2. The summed E-state index contributed by atoms with van der Waals surface area (Å²) in [6.07, 6.45) is 2.44. The van der Waals surface area contributed by atoms with E-state index in [-0.39, 0.29) is 29.3 Å². The number of hydrogen-bond acceptors (Lipinski definition) is 4. The van der Waals surface area contributed by atoms with Crippen molar-refractivity contribution >= 4 is 11.6 Å². The van der Waals surface area contributed by atoms with Crippen LogP contribution in [0.1, 0.15) is 60.1 Å². The van der Waals surface area contributed by atoms with Gasteiger partial charge in [0.15, 0.2) is 11.6 Å². The van der Waals surface area contributed by atoms with Gasteiger partial charge in [0.25, 0.3) is 0 Å². The molecular formula is C32H29NO3. The van der Waals surface area contributed by atoms with Crippen LogP contribution in [0, 0.1) is 0 Å². The fourth-order valence-electron chi connectivity index (χ4n) is 6.15. The molecule has 1 unspecified atom stereocenters. The van der Waals surface area contributed by atoms with E-state index in [9.17, 15) is 9.59 Å². The molecule has 0 spiro atoms. The Morgan fingerprint density at radius 2 is 1.08 bits per heavy atom. The second kappa shape index (κ2) is 9.27. The Morgan fingerprint density at radius 3 is 1.53 bits per heavy atom. The zero-order valence-electron chi connectivity index (χ0n) is 20.4. The third-order valence-electron chi connectivity index (χ3n) is 7.89. The third kappa shape index (κ3) is 3.97. The van der Waals surface area contributed by atoms with Gasteiger partial charge in [-0.2, -0.15) is 0 Å². The second-order valence-electron chi connectivity index (χ2n) is 9.99. The molecule has 0 saturated carbocycles. The van der Waals surface area contributed by atoms with Gasteiger partial charge in [0.05, 0.1) is 7.11 Å². The summed E-state index contributed by atoms with van der Waals surface area (Å²) in [5.41, 5.74) is 6.80. The summed E-state index contributed by atoms with van der Waals surface area (Å²) in [7, 11) is 1.64. The van der Waals surface area contributed by atoms with Crippen molar-refractivity contribution in [2.75, 3.05) is 7.11 Å². The van der Waals surface area contributed by atoms with Crippen molar-refractivity contribution in [2.45, 2.75) is 43.4 Å². The lowest BCUT2D eigenvalue weighted by Crippen LogP contribution is -2.38. The SMILES string of the molecule is COc1ccc(C2C3=C(C[C@H](c4ccccc4)CC3=O)NC3=C2C(=O)C[C@H](c2ccccc2)C3)cc1. The number of dihydropyridines is 1. The summed E-state index contributed by atoms with van der Waals surface area (Å²) < 4.78 is 5.37. The van der Waals surface area contributed by atoms with Gasteiger partial charge in [0.2, 0.25) is 0 Å². The van der Waals surface area contributed by atoms with Crippen molar-refractivity contribution in [3.8, 4) is 5.75 Å². The molecule has 2 aliphatic carbocycles. The molecule has 4 heteroatoms. The van der Waals surface area contributed by atoms with Crippen LogP contribution in [-0.4, -0.2) is 18.7 Å². The van der Waals surface area contributed by atoms with Gasteiger partial charge in [-0.25, -0.2) is 0 Å². The van der Waals surface area contributed by atoms with Gasteiger partial charge in [-0.1, -0.05) is 72.8 Å².